The summed E-state index contributed by atoms with van der Waals surface area (Å²) in [6.45, 7) is 8.69. The third-order valence-corrected chi connectivity index (χ3v) is 3.68. The first-order valence-corrected chi connectivity index (χ1v) is 8.51. The van der Waals surface area contributed by atoms with Gasteiger partial charge in [0.05, 0.1) is 5.92 Å². The summed E-state index contributed by atoms with van der Waals surface area (Å²) in [5.41, 5.74) is 0. The van der Waals surface area contributed by atoms with E-state index in [2.05, 4.69) is 31.3 Å². The zero-order valence-electron chi connectivity index (χ0n) is 15.3. The fourth-order valence-corrected chi connectivity index (χ4v) is 2.31. The van der Waals surface area contributed by atoms with Gasteiger partial charge in [-0.15, -0.1) is 12.4 Å². The monoisotopic (exact) mass is 365 g/mol. The SMILES string of the molecule is CC(C)NCC(COc1cccc2ccccc12)OC(=O)C(C)C.Cl. The molecule has 0 spiro atoms. The second-order valence-electron chi connectivity index (χ2n) is 6.56. The van der Waals surface area contributed by atoms with Gasteiger partial charge in [-0.05, 0) is 11.5 Å². The third kappa shape index (κ3) is 6.56. The summed E-state index contributed by atoms with van der Waals surface area (Å²) >= 11 is 0. The second-order valence-corrected chi connectivity index (χ2v) is 6.56. The zero-order valence-corrected chi connectivity index (χ0v) is 16.1. The minimum Gasteiger partial charge on any atom is -0.489 e. The molecule has 0 radical (unpaired) electrons. The van der Waals surface area contributed by atoms with E-state index < -0.39 is 0 Å². The van der Waals surface area contributed by atoms with E-state index in [1.54, 1.807) is 0 Å². The summed E-state index contributed by atoms with van der Waals surface area (Å²) in [6, 6.07) is 14.4. The molecule has 2 aromatic carbocycles. The highest BCUT2D eigenvalue weighted by molar-refractivity contribution is 5.88. The standard InChI is InChI=1S/C20H27NO3.ClH/c1-14(2)20(22)24-17(12-21-15(3)4)13-23-19-11-7-9-16-8-5-6-10-18(16)19;/h5-11,14-15,17,21H,12-13H2,1-4H3;1H. The van der Waals surface area contributed by atoms with Crippen molar-refractivity contribution >= 4 is 29.1 Å². The second kappa shape index (κ2) is 10.3. The molecule has 0 aromatic heterocycles. The van der Waals surface area contributed by atoms with Gasteiger partial charge in [0.2, 0.25) is 0 Å². The summed E-state index contributed by atoms with van der Waals surface area (Å²) in [5.74, 6) is 0.458. The summed E-state index contributed by atoms with van der Waals surface area (Å²) in [4.78, 5) is 11.9. The Balaban J connectivity index is 0.00000312. The molecule has 1 atom stereocenters. The van der Waals surface area contributed by atoms with Gasteiger partial charge in [0, 0.05) is 18.0 Å². The van der Waals surface area contributed by atoms with Gasteiger partial charge in [0.15, 0.2) is 0 Å². The van der Waals surface area contributed by atoms with Gasteiger partial charge in [-0.1, -0.05) is 64.1 Å². The van der Waals surface area contributed by atoms with Crippen LogP contribution in [-0.4, -0.2) is 31.3 Å². The van der Waals surface area contributed by atoms with Crippen molar-refractivity contribution in [2.24, 2.45) is 5.92 Å². The lowest BCUT2D eigenvalue weighted by atomic mass is 10.1. The van der Waals surface area contributed by atoms with E-state index in [0.29, 0.717) is 19.2 Å². The van der Waals surface area contributed by atoms with E-state index in [0.717, 1.165) is 16.5 Å². The molecule has 1 N–H and O–H groups in total. The first kappa shape index (κ1) is 21.3. The molecular weight excluding hydrogens is 338 g/mol. The van der Waals surface area contributed by atoms with Crippen molar-refractivity contribution < 1.29 is 14.3 Å². The van der Waals surface area contributed by atoms with Crippen LogP contribution in [0.5, 0.6) is 5.75 Å². The normalized spacial score (nSPS) is 12.1. The van der Waals surface area contributed by atoms with Crippen LogP contribution in [-0.2, 0) is 9.53 Å². The summed E-state index contributed by atoms with van der Waals surface area (Å²) in [7, 11) is 0. The van der Waals surface area contributed by atoms with E-state index >= 15 is 0 Å². The number of fused-ring (bicyclic) bond motifs is 1. The summed E-state index contributed by atoms with van der Waals surface area (Å²) in [6.07, 6.45) is -0.318. The van der Waals surface area contributed by atoms with Crippen LogP contribution in [0.1, 0.15) is 27.7 Å². The molecule has 0 aliphatic heterocycles. The molecule has 5 heteroatoms. The molecule has 0 bridgehead atoms. The van der Waals surface area contributed by atoms with Crippen molar-refractivity contribution in [1.29, 1.82) is 0 Å². The van der Waals surface area contributed by atoms with Crippen LogP contribution in [0.3, 0.4) is 0 Å². The van der Waals surface area contributed by atoms with Gasteiger partial charge >= 0.3 is 5.97 Å². The molecule has 1 unspecified atom stereocenters. The predicted octanol–water partition coefficient (Wildman–Crippen LogP) is 4.21. The lowest BCUT2D eigenvalue weighted by Crippen LogP contribution is -2.39. The Hall–Kier alpha value is -1.78. The van der Waals surface area contributed by atoms with Crippen molar-refractivity contribution in [3.8, 4) is 5.75 Å². The number of carbonyl (C=O) groups is 1. The Morgan fingerprint density at radius 2 is 1.72 bits per heavy atom. The predicted molar refractivity (Wildman–Crippen MR) is 105 cm³/mol. The molecule has 0 aliphatic carbocycles. The van der Waals surface area contributed by atoms with E-state index in [-0.39, 0.29) is 30.4 Å². The number of esters is 1. The van der Waals surface area contributed by atoms with Crippen LogP contribution in [0.15, 0.2) is 42.5 Å². The zero-order chi connectivity index (χ0) is 17.5. The number of hydrogen-bond acceptors (Lipinski definition) is 4. The maximum atomic E-state index is 11.9. The lowest BCUT2D eigenvalue weighted by molar-refractivity contribution is -0.154. The van der Waals surface area contributed by atoms with E-state index in [4.69, 9.17) is 9.47 Å². The molecule has 0 saturated heterocycles. The Morgan fingerprint density at radius 3 is 2.40 bits per heavy atom. The maximum absolute atomic E-state index is 11.9. The maximum Gasteiger partial charge on any atom is 0.308 e. The number of rotatable bonds is 8. The minimum atomic E-state index is -0.318. The van der Waals surface area contributed by atoms with Gasteiger partial charge in [-0.2, -0.15) is 0 Å². The summed E-state index contributed by atoms with van der Waals surface area (Å²) in [5, 5.41) is 5.50. The number of hydrogen-bond donors (Lipinski definition) is 1. The van der Waals surface area contributed by atoms with E-state index in [1.165, 1.54) is 0 Å². The quantitative estimate of drug-likeness (QED) is 0.712. The van der Waals surface area contributed by atoms with Crippen molar-refractivity contribution in [1.82, 2.24) is 5.32 Å². The fourth-order valence-electron chi connectivity index (χ4n) is 2.31. The van der Waals surface area contributed by atoms with Gasteiger partial charge < -0.3 is 14.8 Å². The molecule has 0 fully saturated rings. The van der Waals surface area contributed by atoms with Crippen LogP contribution in [0.2, 0.25) is 0 Å². The van der Waals surface area contributed by atoms with Crippen molar-refractivity contribution in [3.63, 3.8) is 0 Å². The largest absolute Gasteiger partial charge is 0.489 e. The van der Waals surface area contributed by atoms with Crippen LogP contribution >= 0.6 is 12.4 Å². The Labute approximate surface area is 156 Å². The lowest BCUT2D eigenvalue weighted by Gasteiger charge is -2.21. The van der Waals surface area contributed by atoms with Gasteiger partial charge in [0.25, 0.3) is 0 Å². The molecule has 25 heavy (non-hydrogen) atoms. The van der Waals surface area contributed by atoms with Crippen molar-refractivity contribution in [2.75, 3.05) is 13.2 Å². The van der Waals surface area contributed by atoms with E-state index in [9.17, 15) is 4.79 Å². The van der Waals surface area contributed by atoms with Crippen LogP contribution in [0, 0.1) is 5.92 Å². The molecule has 0 amide bonds. The first-order chi connectivity index (χ1) is 11.5. The molecule has 0 heterocycles. The average molecular weight is 366 g/mol. The number of halogens is 1. The minimum absolute atomic E-state index is 0. The van der Waals surface area contributed by atoms with E-state index in [1.807, 2.05) is 44.2 Å². The number of benzene rings is 2. The topological polar surface area (TPSA) is 47.6 Å². The van der Waals surface area contributed by atoms with Crippen molar-refractivity contribution in [2.45, 2.75) is 39.8 Å². The highest BCUT2D eigenvalue weighted by atomic mass is 35.5. The Kier molecular flexibility index (Phi) is 8.73. The smallest absolute Gasteiger partial charge is 0.308 e. The van der Waals surface area contributed by atoms with Gasteiger partial charge in [-0.25, -0.2) is 0 Å². The molecule has 2 aromatic rings. The molecule has 0 aliphatic rings. The Morgan fingerprint density at radius 1 is 1.04 bits per heavy atom. The van der Waals surface area contributed by atoms with Crippen LogP contribution < -0.4 is 10.1 Å². The number of ether oxygens (including phenoxy) is 2. The molecular formula is C20H28ClNO3. The molecule has 138 valence electrons. The summed E-state index contributed by atoms with van der Waals surface area (Å²) < 4.78 is 11.5. The van der Waals surface area contributed by atoms with Gasteiger partial charge in [-0.3, -0.25) is 4.79 Å². The first-order valence-electron chi connectivity index (χ1n) is 8.51. The number of nitrogens with one attached hydrogen (secondary N) is 1. The highest BCUT2D eigenvalue weighted by Crippen LogP contribution is 2.25. The van der Waals surface area contributed by atoms with Crippen LogP contribution in [0.25, 0.3) is 10.8 Å². The average Bonchev–Trinajstić information content (AvgIpc) is 2.56. The molecule has 4 nitrogen and oxygen atoms in total. The molecule has 0 saturated carbocycles. The van der Waals surface area contributed by atoms with Gasteiger partial charge in [0.1, 0.15) is 18.5 Å². The fraction of sp³-hybridized carbons (Fsp3) is 0.450. The van der Waals surface area contributed by atoms with Crippen molar-refractivity contribution in [3.05, 3.63) is 42.5 Å². The third-order valence-electron chi connectivity index (χ3n) is 3.68. The highest BCUT2D eigenvalue weighted by Gasteiger charge is 2.18. The Bertz CT molecular complexity index is 668. The van der Waals surface area contributed by atoms with Crippen LogP contribution in [0.4, 0.5) is 0 Å². The molecule has 2 rings (SSSR count). The number of carbonyl (C=O) groups excluding carboxylic acids is 1.